The summed E-state index contributed by atoms with van der Waals surface area (Å²) in [6.45, 7) is 5.97. The maximum absolute atomic E-state index is 8.83. The van der Waals surface area contributed by atoms with E-state index in [-0.39, 0.29) is 12.6 Å². The van der Waals surface area contributed by atoms with Crippen LogP contribution in [0.5, 0.6) is 0 Å². The zero-order valence-corrected chi connectivity index (χ0v) is 9.05. The minimum atomic E-state index is 0.0825. The van der Waals surface area contributed by atoms with Crippen LogP contribution < -0.4 is 5.32 Å². The van der Waals surface area contributed by atoms with Crippen LogP contribution in [0.4, 0.5) is 0 Å². The summed E-state index contributed by atoms with van der Waals surface area (Å²) in [6.07, 6.45) is 2.32. The lowest BCUT2D eigenvalue weighted by atomic mass is 10.1. The van der Waals surface area contributed by atoms with E-state index in [1.807, 2.05) is 7.05 Å². The van der Waals surface area contributed by atoms with Crippen molar-refractivity contribution in [1.82, 2.24) is 5.32 Å². The average Bonchev–Trinajstić information content (AvgIpc) is 2.11. The number of hydrogen-bond acceptors (Lipinski definition) is 3. The molecule has 0 bridgehead atoms. The molecule has 0 heterocycles. The molecule has 0 amide bonds. The van der Waals surface area contributed by atoms with E-state index >= 15 is 0 Å². The Morgan fingerprint density at radius 3 is 2.54 bits per heavy atom. The van der Waals surface area contributed by atoms with E-state index in [1.54, 1.807) is 0 Å². The van der Waals surface area contributed by atoms with E-state index in [4.69, 9.17) is 9.84 Å². The zero-order chi connectivity index (χ0) is 10.1. The Bertz CT molecular complexity index is 103. The molecule has 0 aliphatic carbocycles. The number of aliphatic hydroxyl groups is 1. The maximum atomic E-state index is 8.83. The highest BCUT2D eigenvalue weighted by atomic mass is 16.5. The van der Waals surface area contributed by atoms with Gasteiger partial charge in [-0.3, -0.25) is 0 Å². The maximum Gasteiger partial charge on any atom is 0.0641 e. The third-order valence-electron chi connectivity index (χ3n) is 2.02. The lowest BCUT2D eigenvalue weighted by Gasteiger charge is -2.13. The van der Waals surface area contributed by atoms with Crippen molar-refractivity contribution in [2.75, 3.05) is 26.9 Å². The fourth-order valence-corrected chi connectivity index (χ4v) is 1.05. The van der Waals surface area contributed by atoms with Gasteiger partial charge in [0.15, 0.2) is 0 Å². The molecular formula is C10H23NO2. The molecule has 0 saturated carbocycles. The second kappa shape index (κ2) is 8.48. The summed E-state index contributed by atoms with van der Waals surface area (Å²) in [5.74, 6) is 0.751. The normalized spacial score (nSPS) is 13.6. The van der Waals surface area contributed by atoms with Crippen LogP contribution in [0.15, 0.2) is 0 Å². The van der Waals surface area contributed by atoms with Gasteiger partial charge < -0.3 is 15.2 Å². The van der Waals surface area contributed by atoms with E-state index in [9.17, 15) is 0 Å². The molecule has 3 nitrogen and oxygen atoms in total. The van der Waals surface area contributed by atoms with Gasteiger partial charge in [0.1, 0.15) is 0 Å². The Hall–Kier alpha value is -0.120. The molecule has 0 saturated heterocycles. The van der Waals surface area contributed by atoms with Gasteiger partial charge in [-0.15, -0.1) is 0 Å². The molecule has 80 valence electrons. The average molecular weight is 189 g/mol. The molecule has 0 radical (unpaired) electrons. The highest BCUT2D eigenvalue weighted by molar-refractivity contribution is 4.60. The molecule has 0 spiro atoms. The summed E-state index contributed by atoms with van der Waals surface area (Å²) in [5, 5.41) is 11.8. The number of hydrogen-bond donors (Lipinski definition) is 2. The highest BCUT2D eigenvalue weighted by Crippen LogP contribution is 2.03. The van der Waals surface area contributed by atoms with Gasteiger partial charge in [0, 0.05) is 6.61 Å². The SMILES string of the molecule is CNC(CO)COCCCC(C)C. The van der Waals surface area contributed by atoms with Crippen molar-refractivity contribution in [2.45, 2.75) is 32.7 Å². The molecule has 0 aliphatic heterocycles. The second-order valence-corrected chi connectivity index (χ2v) is 3.78. The van der Waals surface area contributed by atoms with Gasteiger partial charge in [-0.25, -0.2) is 0 Å². The van der Waals surface area contributed by atoms with Gasteiger partial charge in [-0.2, -0.15) is 0 Å². The van der Waals surface area contributed by atoms with Crippen LogP contribution in [0.2, 0.25) is 0 Å². The molecule has 0 aromatic carbocycles. The molecule has 0 rings (SSSR count). The number of ether oxygens (including phenoxy) is 1. The van der Waals surface area contributed by atoms with E-state index in [0.717, 1.165) is 18.9 Å². The van der Waals surface area contributed by atoms with Crippen LogP contribution in [0.3, 0.4) is 0 Å². The fourth-order valence-electron chi connectivity index (χ4n) is 1.05. The van der Waals surface area contributed by atoms with Crippen LogP contribution >= 0.6 is 0 Å². The van der Waals surface area contributed by atoms with Gasteiger partial charge in [0.2, 0.25) is 0 Å². The predicted octanol–water partition coefficient (Wildman–Crippen LogP) is 1.02. The quantitative estimate of drug-likeness (QED) is 0.560. The van der Waals surface area contributed by atoms with Gasteiger partial charge in [-0.1, -0.05) is 13.8 Å². The first-order chi connectivity index (χ1) is 6.20. The van der Waals surface area contributed by atoms with Gasteiger partial charge in [0.25, 0.3) is 0 Å². The van der Waals surface area contributed by atoms with Crippen LogP contribution in [-0.2, 0) is 4.74 Å². The summed E-state index contributed by atoms with van der Waals surface area (Å²) in [7, 11) is 1.83. The van der Waals surface area contributed by atoms with Gasteiger partial charge in [0.05, 0.1) is 19.3 Å². The van der Waals surface area contributed by atoms with Crippen molar-refractivity contribution >= 4 is 0 Å². The fraction of sp³-hybridized carbons (Fsp3) is 1.00. The Morgan fingerprint density at radius 1 is 1.38 bits per heavy atom. The Labute approximate surface area is 81.5 Å². The number of likely N-dealkylation sites (N-methyl/N-ethyl adjacent to an activating group) is 1. The monoisotopic (exact) mass is 189 g/mol. The lowest BCUT2D eigenvalue weighted by Crippen LogP contribution is -2.33. The molecule has 2 N–H and O–H groups in total. The Kier molecular flexibility index (Phi) is 8.40. The zero-order valence-electron chi connectivity index (χ0n) is 9.05. The summed E-state index contributed by atoms with van der Waals surface area (Å²) >= 11 is 0. The van der Waals surface area contributed by atoms with E-state index in [2.05, 4.69) is 19.2 Å². The molecule has 0 aromatic rings. The highest BCUT2D eigenvalue weighted by Gasteiger charge is 2.03. The standard InChI is InChI=1S/C10H23NO2/c1-9(2)5-4-6-13-8-10(7-12)11-3/h9-12H,4-8H2,1-3H3. The number of rotatable bonds is 8. The van der Waals surface area contributed by atoms with Gasteiger partial charge >= 0.3 is 0 Å². The lowest BCUT2D eigenvalue weighted by molar-refractivity contribution is 0.0875. The predicted molar refractivity (Wildman–Crippen MR) is 54.8 cm³/mol. The van der Waals surface area contributed by atoms with Crippen LogP contribution in [-0.4, -0.2) is 38.0 Å². The third kappa shape index (κ3) is 8.22. The second-order valence-electron chi connectivity index (χ2n) is 3.78. The molecule has 1 atom stereocenters. The molecule has 13 heavy (non-hydrogen) atoms. The van der Waals surface area contributed by atoms with Crippen molar-refractivity contribution in [3.05, 3.63) is 0 Å². The largest absolute Gasteiger partial charge is 0.395 e. The van der Waals surface area contributed by atoms with Crippen molar-refractivity contribution < 1.29 is 9.84 Å². The van der Waals surface area contributed by atoms with E-state index in [0.29, 0.717) is 6.61 Å². The first-order valence-corrected chi connectivity index (χ1v) is 5.06. The Balaban J connectivity index is 3.14. The molecule has 0 aliphatic rings. The first-order valence-electron chi connectivity index (χ1n) is 5.06. The van der Waals surface area contributed by atoms with Crippen LogP contribution in [0, 0.1) is 5.92 Å². The van der Waals surface area contributed by atoms with E-state index in [1.165, 1.54) is 6.42 Å². The summed E-state index contributed by atoms with van der Waals surface area (Å²) in [6, 6.07) is 0.0825. The topological polar surface area (TPSA) is 41.5 Å². The third-order valence-corrected chi connectivity index (χ3v) is 2.02. The smallest absolute Gasteiger partial charge is 0.0641 e. The summed E-state index contributed by atoms with van der Waals surface area (Å²) < 4.78 is 5.41. The molecule has 1 unspecified atom stereocenters. The van der Waals surface area contributed by atoms with Gasteiger partial charge in [-0.05, 0) is 25.8 Å². The molecule has 3 heteroatoms. The molecular weight excluding hydrogens is 166 g/mol. The number of aliphatic hydroxyl groups excluding tert-OH is 1. The van der Waals surface area contributed by atoms with Crippen molar-refractivity contribution in [3.63, 3.8) is 0 Å². The van der Waals surface area contributed by atoms with Crippen LogP contribution in [0.1, 0.15) is 26.7 Å². The summed E-state index contributed by atoms with van der Waals surface area (Å²) in [5.41, 5.74) is 0. The minimum absolute atomic E-state index is 0.0825. The van der Waals surface area contributed by atoms with Crippen molar-refractivity contribution in [1.29, 1.82) is 0 Å². The molecule has 0 aromatic heterocycles. The minimum Gasteiger partial charge on any atom is -0.395 e. The van der Waals surface area contributed by atoms with Crippen LogP contribution in [0.25, 0.3) is 0 Å². The molecule has 0 fully saturated rings. The Morgan fingerprint density at radius 2 is 2.08 bits per heavy atom. The summed E-state index contributed by atoms with van der Waals surface area (Å²) in [4.78, 5) is 0. The van der Waals surface area contributed by atoms with E-state index < -0.39 is 0 Å². The van der Waals surface area contributed by atoms with Crippen molar-refractivity contribution in [3.8, 4) is 0 Å². The van der Waals surface area contributed by atoms with Crippen molar-refractivity contribution in [2.24, 2.45) is 5.92 Å². The number of nitrogens with one attached hydrogen (secondary N) is 1. The first kappa shape index (κ1) is 12.9.